The summed E-state index contributed by atoms with van der Waals surface area (Å²) in [7, 11) is 3.05. The van der Waals surface area contributed by atoms with Crippen LogP contribution in [0, 0.1) is 5.82 Å². The SMILES string of the molecule is COc1ccc(-c2nc3cc(OC)cc(Br)c3o2)c(F)c1. The Morgan fingerprint density at radius 2 is 1.86 bits per heavy atom. The van der Waals surface area contributed by atoms with E-state index in [2.05, 4.69) is 20.9 Å². The Kier molecular flexibility index (Phi) is 3.55. The molecule has 0 aliphatic carbocycles. The number of ether oxygens (including phenoxy) is 2. The standard InChI is InChI=1S/C15H11BrFNO3/c1-19-8-3-4-10(12(17)6-8)15-18-13-7-9(20-2)5-11(16)14(13)21-15/h3-7H,1-2H3. The minimum atomic E-state index is -0.455. The maximum atomic E-state index is 14.1. The summed E-state index contributed by atoms with van der Waals surface area (Å²) in [6, 6.07) is 8.02. The van der Waals surface area contributed by atoms with Gasteiger partial charge in [-0.1, -0.05) is 0 Å². The number of fused-ring (bicyclic) bond motifs is 1. The number of hydrogen-bond donors (Lipinski definition) is 0. The molecule has 0 aliphatic rings. The molecule has 0 fully saturated rings. The van der Waals surface area contributed by atoms with Gasteiger partial charge in [0.15, 0.2) is 5.58 Å². The van der Waals surface area contributed by atoms with Crippen LogP contribution in [0.25, 0.3) is 22.6 Å². The maximum absolute atomic E-state index is 14.1. The summed E-state index contributed by atoms with van der Waals surface area (Å²) < 4.78 is 30.6. The zero-order chi connectivity index (χ0) is 15.0. The predicted octanol–water partition coefficient (Wildman–Crippen LogP) is 4.41. The Labute approximate surface area is 128 Å². The first-order chi connectivity index (χ1) is 10.1. The molecule has 3 aromatic rings. The van der Waals surface area contributed by atoms with Gasteiger partial charge in [-0.2, -0.15) is 0 Å². The van der Waals surface area contributed by atoms with E-state index in [9.17, 15) is 4.39 Å². The molecule has 0 N–H and O–H groups in total. The highest BCUT2D eigenvalue weighted by atomic mass is 79.9. The smallest absolute Gasteiger partial charge is 0.230 e. The van der Waals surface area contributed by atoms with Crippen LogP contribution in [0.2, 0.25) is 0 Å². The number of aromatic nitrogens is 1. The summed E-state index contributed by atoms with van der Waals surface area (Å²) in [6.07, 6.45) is 0. The summed E-state index contributed by atoms with van der Waals surface area (Å²) in [5.41, 5.74) is 1.41. The number of halogens is 2. The lowest BCUT2D eigenvalue weighted by molar-refractivity contribution is 0.411. The summed E-state index contributed by atoms with van der Waals surface area (Å²) in [4.78, 5) is 4.31. The van der Waals surface area contributed by atoms with Crippen molar-refractivity contribution in [3.63, 3.8) is 0 Å². The Morgan fingerprint density at radius 3 is 2.52 bits per heavy atom. The van der Waals surface area contributed by atoms with Crippen LogP contribution in [0.15, 0.2) is 39.2 Å². The summed E-state index contributed by atoms with van der Waals surface area (Å²) in [5.74, 6) is 0.836. The number of oxazole rings is 1. The summed E-state index contributed by atoms with van der Waals surface area (Å²) in [6.45, 7) is 0. The lowest BCUT2D eigenvalue weighted by Gasteiger charge is -2.01. The van der Waals surface area contributed by atoms with Crippen molar-refractivity contribution in [2.45, 2.75) is 0 Å². The number of benzene rings is 2. The monoisotopic (exact) mass is 351 g/mol. The molecule has 2 aromatic carbocycles. The van der Waals surface area contributed by atoms with Crippen LogP contribution in [0.3, 0.4) is 0 Å². The van der Waals surface area contributed by atoms with Crippen molar-refractivity contribution >= 4 is 27.0 Å². The molecular formula is C15H11BrFNO3. The van der Waals surface area contributed by atoms with Crippen LogP contribution in [0.4, 0.5) is 4.39 Å². The van der Waals surface area contributed by atoms with Crippen molar-refractivity contribution in [3.8, 4) is 23.0 Å². The Balaban J connectivity index is 2.15. The zero-order valence-corrected chi connectivity index (χ0v) is 12.9. The molecule has 21 heavy (non-hydrogen) atoms. The first kappa shape index (κ1) is 13.9. The predicted molar refractivity (Wildman–Crippen MR) is 80.2 cm³/mol. The van der Waals surface area contributed by atoms with Crippen molar-refractivity contribution in [2.75, 3.05) is 14.2 Å². The fraction of sp³-hybridized carbons (Fsp3) is 0.133. The molecule has 108 valence electrons. The van der Waals surface area contributed by atoms with E-state index in [0.29, 0.717) is 27.1 Å². The largest absolute Gasteiger partial charge is 0.497 e. The van der Waals surface area contributed by atoms with Gasteiger partial charge in [-0.05, 0) is 34.1 Å². The molecule has 3 rings (SSSR count). The molecule has 0 saturated heterocycles. The fourth-order valence-electron chi connectivity index (χ4n) is 2.00. The molecule has 1 heterocycles. The maximum Gasteiger partial charge on any atom is 0.230 e. The molecule has 0 saturated carbocycles. The van der Waals surface area contributed by atoms with Crippen LogP contribution in [-0.2, 0) is 0 Å². The lowest BCUT2D eigenvalue weighted by Crippen LogP contribution is -1.88. The highest BCUT2D eigenvalue weighted by Crippen LogP contribution is 2.34. The van der Waals surface area contributed by atoms with Crippen LogP contribution in [0.5, 0.6) is 11.5 Å². The number of methoxy groups -OCH3 is 2. The van der Waals surface area contributed by atoms with E-state index in [4.69, 9.17) is 13.9 Å². The van der Waals surface area contributed by atoms with Gasteiger partial charge in [0, 0.05) is 12.1 Å². The molecular weight excluding hydrogens is 341 g/mol. The van der Waals surface area contributed by atoms with E-state index in [-0.39, 0.29) is 11.5 Å². The van der Waals surface area contributed by atoms with E-state index in [0.717, 1.165) is 0 Å². The molecule has 1 aromatic heterocycles. The first-order valence-corrected chi connectivity index (χ1v) is 6.89. The van der Waals surface area contributed by atoms with Gasteiger partial charge in [0.1, 0.15) is 22.8 Å². The molecule has 0 unspecified atom stereocenters. The third-order valence-electron chi connectivity index (χ3n) is 3.06. The van der Waals surface area contributed by atoms with Gasteiger partial charge in [0.05, 0.1) is 24.3 Å². The molecule has 0 aliphatic heterocycles. The van der Waals surface area contributed by atoms with Crippen molar-refractivity contribution in [1.82, 2.24) is 4.98 Å². The Bertz CT molecular complexity index is 816. The zero-order valence-electron chi connectivity index (χ0n) is 11.3. The number of hydrogen-bond acceptors (Lipinski definition) is 4. The molecule has 0 atom stereocenters. The molecule has 0 spiro atoms. The minimum Gasteiger partial charge on any atom is -0.497 e. The topological polar surface area (TPSA) is 44.5 Å². The number of rotatable bonds is 3. The van der Waals surface area contributed by atoms with Crippen molar-refractivity contribution in [1.29, 1.82) is 0 Å². The van der Waals surface area contributed by atoms with Gasteiger partial charge in [-0.15, -0.1) is 0 Å². The van der Waals surface area contributed by atoms with E-state index in [1.165, 1.54) is 13.2 Å². The second-order valence-electron chi connectivity index (χ2n) is 4.32. The molecule has 0 bridgehead atoms. The molecule has 0 amide bonds. The lowest BCUT2D eigenvalue weighted by atomic mass is 10.2. The normalized spacial score (nSPS) is 10.9. The van der Waals surface area contributed by atoms with E-state index < -0.39 is 5.82 Å². The van der Waals surface area contributed by atoms with Crippen molar-refractivity contribution in [2.24, 2.45) is 0 Å². The Hall–Kier alpha value is -2.08. The van der Waals surface area contributed by atoms with Crippen molar-refractivity contribution in [3.05, 3.63) is 40.6 Å². The second kappa shape index (κ2) is 5.37. The average Bonchev–Trinajstić information content (AvgIpc) is 2.91. The van der Waals surface area contributed by atoms with E-state index in [1.807, 2.05) is 0 Å². The Morgan fingerprint density at radius 1 is 1.10 bits per heavy atom. The molecule has 4 nitrogen and oxygen atoms in total. The quantitative estimate of drug-likeness (QED) is 0.700. The van der Waals surface area contributed by atoms with Crippen LogP contribution in [-0.4, -0.2) is 19.2 Å². The van der Waals surface area contributed by atoms with Crippen LogP contribution < -0.4 is 9.47 Å². The van der Waals surface area contributed by atoms with Gasteiger partial charge in [0.2, 0.25) is 5.89 Å². The second-order valence-corrected chi connectivity index (χ2v) is 5.18. The third kappa shape index (κ3) is 2.47. The highest BCUT2D eigenvalue weighted by Gasteiger charge is 2.16. The van der Waals surface area contributed by atoms with Gasteiger partial charge < -0.3 is 13.9 Å². The van der Waals surface area contributed by atoms with Gasteiger partial charge in [0.25, 0.3) is 0 Å². The first-order valence-electron chi connectivity index (χ1n) is 6.10. The van der Waals surface area contributed by atoms with Crippen molar-refractivity contribution < 1.29 is 18.3 Å². The van der Waals surface area contributed by atoms with Gasteiger partial charge >= 0.3 is 0 Å². The summed E-state index contributed by atoms with van der Waals surface area (Å²) >= 11 is 3.39. The summed E-state index contributed by atoms with van der Waals surface area (Å²) in [5, 5.41) is 0. The van der Waals surface area contributed by atoms with Gasteiger partial charge in [-0.3, -0.25) is 0 Å². The molecule has 6 heteroatoms. The number of nitrogens with zero attached hydrogens (tertiary/aromatic N) is 1. The van der Waals surface area contributed by atoms with Gasteiger partial charge in [-0.25, -0.2) is 9.37 Å². The van der Waals surface area contributed by atoms with E-state index >= 15 is 0 Å². The minimum absolute atomic E-state index is 0.208. The third-order valence-corrected chi connectivity index (χ3v) is 3.65. The fourth-order valence-corrected chi connectivity index (χ4v) is 2.51. The van der Waals surface area contributed by atoms with E-state index in [1.54, 1.807) is 31.4 Å². The van der Waals surface area contributed by atoms with Crippen LogP contribution in [0.1, 0.15) is 0 Å². The van der Waals surface area contributed by atoms with Crippen LogP contribution >= 0.6 is 15.9 Å². The average molecular weight is 352 g/mol. The highest BCUT2D eigenvalue weighted by molar-refractivity contribution is 9.10. The molecule has 0 radical (unpaired) electrons.